The standard InChI is InChI=1S/C9H15NO/c1-7(2)9(11)8-3-5-10-6-4-8/h3,7,10H,4-6H2,1-2H3. The number of Topliss-reactive ketones (excluding diaryl/α,β-unsaturated/α-hetero) is 1. The van der Waals surface area contributed by atoms with Crippen molar-refractivity contribution in [3.05, 3.63) is 11.6 Å². The molecule has 1 heterocycles. The lowest BCUT2D eigenvalue weighted by Gasteiger charge is -2.14. The molecule has 0 amide bonds. The van der Waals surface area contributed by atoms with Gasteiger partial charge >= 0.3 is 0 Å². The molecule has 0 aliphatic carbocycles. The molecule has 1 aliphatic rings. The SMILES string of the molecule is CC(C)C(=O)C1=CCNCC1. The second-order valence-electron chi connectivity index (χ2n) is 3.20. The van der Waals surface area contributed by atoms with Crippen molar-refractivity contribution in [2.75, 3.05) is 13.1 Å². The van der Waals surface area contributed by atoms with Gasteiger partial charge in [0.15, 0.2) is 5.78 Å². The lowest BCUT2D eigenvalue weighted by molar-refractivity contribution is -0.118. The first kappa shape index (κ1) is 8.47. The fraction of sp³-hybridized carbons (Fsp3) is 0.667. The van der Waals surface area contributed by atoms with E-state index in [4.69, 9.17) is 0 Å². The van der Waals surface area contributed by atoms with E-state index in [9.17, 15) is 4.79 Å². The average molecular weight is 153 g/mol. The maximum absolute atomic E-state index is 11.4. The summed E-state index contributed by atoms with van der Waals surface area (Å²) in [6.07, 6.45) is 2.91. The molecule has 62 valence electrons. The van der Waals surface area contributed by atoms with E-state index in [0.29, 0.717) is 5.78 Å². The Labute approximate surface area is 67.7 Å². The van der Waals surface area contributed by atoms with Crippen molar-refractivity contribution in [2.24, 2.45) is 5.92 Å². The summed E-state index contributed by atoms with van der Waals surface area (Å²) >= 11 is 0. The van der Waals surface area contributed by atoms with E-state index in [1.807, 2.05) is 19.9 Å². The minimum Gasteiger partial charge on any atom is -0.313 e. The van der Waals surface area contributed by atoms with Crippen LogP contribution in [0, 0.1) is 5.92 Å². The molecular weight excluding hydrogens is 138 g/mol. The van der Waals surface area contributed by atoms with Crippen LogP contribution in [0.3, 0.4) is 0 Å². The van der Waals surface area contributed by atoms with E-state index in [0.717, 1.165) is 25.1 Å². The third-order valence-electron chi connectivity index (χ3n) is 1.90. The van der Waals surface area contributed by atoms with Crippen LogP contribution in [0.2, 0.25) is 0 Å². The lowest BCUT2D eigenvalue weighted by atomic mass is 9.97. The zero-order valence-corrected chi connectivity index (χ0v) is 7.18. The summed E-state index contributed by atoms with van der Waals surface area (Å²) in [6, 6.07) is 0. The second-order valence-corrected chi connectivity index (χ2v) is 3.20. The van der Waals surface area contributed by atoms with Crippen molar-refractivity contribution in [2.45, 2.75) is 20.3 Å². The number of nitrogens with one attached hydrogen (secondary N) is 1. The zero-order valence-electron chi connectivity index (χ0n) is 7.18. The van der Waals surface area contributed by atoms with Crippen LogP contribution in [0.4, 0.5) is 0 Å². The maximum atomic E-state index is 11.4. The maximum Gasteiger partial charge on any atom is 0.161 e. The molecule has 0 saturated carbocycles. The van der Waals surface area contributed by atoms with E-state index in [1.54, 1.807) is 0 Å². The molecule has 1 rings (SSSR count). The van der Waals surface area contributed by atoms with Crippen molar-refractivity contribution < 1.29 is 4.79 Å². The number of ketones is 1. The highest BCUT2D eigenvalue weighted by atomic mass is 16.1. The lowest BCUT2D eigenvalue weighted by Crippen LogP contribution is -2.24. The number of carbonyl (C=O) groups is 1. The minimum atomic E-state index is 0.152. The minimum absolute atomic E-state index is 0.152. The molecule has 1 aliphatic heterocycles. The van der Waals surface area contributed by atoms with Gasteiger partial charge in [-0.2, -0.15) is 0 Å². The van der Waals surface area contributed by atoms with E-state index in [2.05, 4.69) is 5.32 Å². The van der Waals surface area contributed by atoms with Gasteiger partial charge in [0, 0.05) is 12.5 Å². The van der Waals surface area contributed by atoms with Gasteiger partial charge in [0.2, 0.25) is 0 Å². The average Bonchev–Trinajstić information content (AvgIpc) is 2.05. The van der Waals surface area contributed by atoms with Gasteiger partial charge in [0.05, 0.1) is 0 Å². The van der Waals surface area contributed by atoms with Gasteiger partial charge in [-0.15, -0.1) is 0 Å². The Balaban J connectivity index is 2.58. The highest BCUT2D eigenvalue weighted by Crippen LogP contribution is 2.11. The highest BCUT2D eigenvalue weighted by Gasteiger charge is 2.14. The number of carbonyl (C=O) groups excluding carboxylic acids is 1. The van der Waals surface area contributed by atoms with Gasteiger partial charge in [0.1, 0.15) is 0 Å². The van der Waals surface area contributed by atoms with Gasteiger partial charge in [-0.1, -0.05) is 19.9 Å². The summed E-state index contributed by atoms with van der Waals surface area (Å²) in [7, 11) is 0. The van der Waals surface area contributed by atoms with Crippen LogP contribution in [0.15, 0.2) is 11.6 Å². The molecule has 0 atom stereocenters. The van der Waals surface area contributed by atoms with E-state index >= 15 is 0 Å². The molecule has 0 unspecified atom stereocenters. The van der Waals surface area contributed by atoms with E-state index in [1.165, 1.54) is 0 Å². The van der Waals surface area contributed by atoms with E-state index < -0.39 is 0 Å². The van der Waals surface area contributed by atoms with Crippen LogP contribution in [0.25, 0.3) is 0 Å². The fourth-order valence-electron chi connectivity index (χ4n) is 1.22. The Morgan fingerprint density at radius 2 is 2.36 bits per heavy atom. The summed E-state index contributed by atoms with van der Waals surface area (Å²) in [5.74, 6) is 0.464. The van der Waals surface area contributed by atoms with Crippen molar-refractivity contribution in [3.8, 4) is 0 Å². The molecule has 0 spiro atoms. The summed E-state index contributed by atoms with van der Waals surface area (Å²) < 4.78 is 0. The molecule has 0 aromatic rings. The Hall–Kier alpha value is -0.630. The first-order valence-electron chi connectivity index (χ1n) is 4.16. The Kier molecular flexibility index (Phi) is 2.83. The largest absolute Gasteiger partial charge is 0.313 e. The van der Waals surface area contributed by atoms with Crippen molar-refractivity contribution in [1.82, 2.24) is 5.32 Å². The summed E-state index contributed by atoms with van der Waals surface area (Å²) in [5, 5.41) is 3.18. The van der Waals surface area contributed by atoms with E-state index in [-0.39, 0.29) is 5.92 Å². The van der Waals surface area contributed by atoms with Crippen molar-refractivity contribution in [1.29, 1.82) is 0 Å². The van der Waals surface area contributed by atoms with Gasteiger partial charge in [-0.3, -0.25) is 4.79 Å². The van der Waals surface area contributed by atoms with Crippen LogP contribution in [0.1, 0.15) is 20.3 Å². The fourth-order valence-corrected chi connectivity index (χ4v) is 1.22. The molecule has 2 nitrogen and oxygen atoms in total. The smallest absolute Gasteiger partial charge is 0.161 e. The number of rotatable bonds is 2. The Morgan fingerprint density at radius 1 is 1.64 bits per heavy atom. The predicted molar refractivity (Wildman–Crippen MR) is 45.4 cm³/mol. The van der Waals surface area contributed by atoms with Crippen molar-refractivity contribution >= 4 is 5.78 Å². The number of hydrogen-bond acceptors (Lipinski definition) is 2. The first-order chi connectivity index (χ1) is 5.22. The molecule has 0 saturated heterocycles. The molecule has 11 heavy (non-hydrogen) atoms. The topological polar surface area (TPSA) is 29.1 Å². The molecule has 0 bridgehead atoms. The monoisotopic (exact) mass is 153 g/mol. The molecular formula is C9H15NO. The Morgan fingerprint density at radius 3 is 2.82 bits per heavy atom. The molecule has 2 heteroatoms. The third-order valence-corrected chi connectivity index (χ3v) is 1.90. The quantitative estimate of drug-likeness (QED) is 0.644. The predicted octanol–water partition coefficient (Wildman–Crippen LogP) is 1.13. The molecule has 0 aromatic heterocycles. The highest BCUT2D eigenvalue weighted by molar-refractivity contribution is 5.96. The molecule has 0 fully saturated rings. The van der Waals surface area contributed by atoms with Gasteiger partial charge in [0.25, 0.3) is 0 Å². The molecule has 1 N–H and O–H groups in total. The van der Waals surface area contributed by atoms with Crippen LogP contribution in [-0.2, 0) is 4.79 Å². The Bertz CT molecular complexity index is 182. The molecule has 0 aromatic carbocycles. The van der Waals surface area contributed by atoms with Crippen LogP contribution in [0.5, 0.6) is 0 Å². The zero-order chi connectivity index (χ0) is 8.27. The van der Waals surface area contributed by atoms with Gasteiger partial charge < -0.3 is 5.32 Å². The van der Waals surface area contributed by atoms with Crippen LogP contribution in [-0.4, -0.2) is 18.9 Å². The van der Waals surface area contributed by atoms with Gasteiger partial charge in [-0.25, -0.2) is 0 Å². The van der Waals surface area contributed by atoms with Crippen LogP contribution < -0.4 is 5.32 Å². The first-order valence-corrected chi connectivity index (χ1v) is 4.16. The van der Waals surface area contributed by atoms with Gasteiger partial charge in [-0.05, 0) is 18.5 Å². The number of hydrogen-bond donors (Lipinski definition) is 1. The summed E-state index contributed by atoms with van der Waals surface area (Å²) in [4.78, 5) is 11.4. The second kappa shape index (κ2) is 3.67. The van der Waals surface area contributed by atoms with Crippen molar-refractivity contribution in [3.63, 3.8) is 0 Å². The normalized spacial score (nSPS) is 18.3. The molecule has 0 radical (unpaired) electrons. The van der Waals surface area contributed by atoms with Crippen LogP contribution >= 0.6 is 0 Å². The third kappa shape index (κ3) is 2.15. The summed E-state index contributed by atoms with van der Waals surface area (Å²) in [5.41, 5.74) is 1.01. The summed E-state index contributed by atoms with van der Waals surface area (Å²) in [6.45, 7) is 5.70.